The highest BCUT2D eigenvalue weighted by atomic mass is 19.4. The number of halogens is 5. The van der Waals surface area contributed by atoms with E-state index in [1.807, 2.05) is 20.8 Å². The summed E-state index contributed by atoms with van der Waals surface area (Å²) < 4.78 is 65.4. The number of hydrogen-bond acceptors (Lipinski definition) is 7. The second-order valence-electron chi connectivity index (χ2n) is 8.81. The van der Waals surface area contributed by atoms with Gasteiger partial charge in [0.15, 0.2) is 11.6 Å². The van der Waals surface area contributed by atoms with Gasteiger partial charge in [0.2, 0.25) is 5.95 Å². The van der Waals surface area contributed by atoms with Crippen LogP contribution >= 0.6 is 0 Å². The van der Waals surface area contributed by atoms with Crippen molar-refractivity contribution in [3.8, 4) is 0 Å². The molecular weight excluding hydrogens is 489 g/mol. The highest BCUT2D eigenvalue weighted by Gasteiger charge is 2.45. The molecule has 0 spiro atoms. The minimum atomic E-state index is -5.35. The molecule has 1 aromatic heterocycles. The molecule has 1 aliphatic carbocycles. The summed E-state index contributed by atoms with van der Waals surface area (Å²) in [6.07, 6.45) is -2.58. The molecule has 1 aromatic carbocycles. The number of aromatic nitrogens is 2. The number of carbonyl (C=O) groups is 2. The highest BCUT2D eigenvalue weighted by molar-refractivity contribution is 5.94. The number of anilines is 2. The van der Waals surface area contributed by atoms with Crippen molar-refractivity contribution in [2.24, 2.45) is 0 Å². The van der Waals surface area contributed by atoms with E-state index in [-0.39, 0.29) is 24.9 Å². The van der Waals surface area contributed by atoms with Gasteiger partial charge in [-0.15, -0.1) is 0 Å². The number of amides is 1. The van der Waals surface area contributed by atoms with Crippen molar-refractivity contribution in [1.82, 2.24) is 15.0 Å². The number of benzene rings is 1. The Hall–Kier alpha value is -3.51. The van der Waals surface area contributed by atoms with Crippen molar-refractivity contribution in [2.75, 3.05) is 10.6 Å². The maximum Gasteiger partial charge on any atom is 0.493 e. The van der Waals surface area contributed by atoms with Gasteiger partial charge in [-0.2, -0.15) is 23.2 Å². The van der Waals surface area contributed by atoms with Crippen LogP contribution in [0.15, 0.2) is 24.4 Å². The zero-order valence-corrected chi connectivity index (χ0v) is 19.8. The monoisotopic (exact) mass is 515 g/mol. The molecule has 0 radical (unpaired) electrons. The van der Waals surface area contributed by atoms with Crippen molar-refractivity contribution in [2.45, 2.75) is 70.8 Å². The highest BCUT2D eigenvalue weighted by Crippen LogP contribution is 2.29. The first-order valence-corrected chi connectivity index (χ1v) is 11.3. The van der Waals surface area contributed by atoms with E-state index >= 15 is 0 Å². The molecule has 8 nitrogen and oxygen atoms in total. The van der Waals surface area contributed by atoms with Crippen molar-refractivity contribution >= 4 is 23.6 Å². The Bertz CT molecular complexity index is 1100. The number of alkyl halides is 3. The van der Waals surface area contributed by atoms with E-state index in [9.17, 15) is 31.5 Å². The van der Waals surface area contributed by atoms with Gasteiger partial charge in [0.05, 0.1) is 6.04 Å². The number of hydroxylamine groups is 2. The quantitative estimate of drug-likeness (QED) is 0.423. The van der Waals surface area contributed by atoms with E-state index in [0.29, 0.717) is 41.8 Å². The average Bonchev–Trinajstić information content (AvgIpc) is 2.80. The summed E-state index contributed by atoms with van der Waals surface area (Å²) in [7, 11) is 0. The van der Waals surface area contributed by atoms with E-state index in [1.54, 1.807) is 6.20 Å². The predicted octanol–water partition coefficient (Wildman–Crippen LogP) is 4.77. The summed E-state index contributed by atoms with van der Waals surface area (Å²) in [6.45, 7) is 5.80. The molecule has 1 heterocycles. The van der Waals surface area contributed by atoms with Gasteiger partial charge in [-0.25, -0.2) is 18.6 Å². The lowest BCUT2D eigenvalue weighted by atomic mass is 9.90. The zero-order chi connectivity index (χ0) is 26.6. The van der Waals surface area contributed by atoms with E-state index in [2.05, 4.69) is 25.4 Å². The third-order valence-electron chi connectivity index (χ3n) is 5.54. The second kappa shape index (κ2) is 11.0. The first kappa shape index (κ1) is 27.1. The number of nitrogens with zero attached hydrogens (tertiary/aromatic N) is 3. The Balaban J connectivity index is 1.72. The fraction of sp³-hybridized carbons (Fsp3) is 0.478. The molecule has 3 rings (SSSR count). The van der Waals surface area contributed by atoms with Crippen LogP contribution in [0.2, 0.25) is 0 Å². The minimum absolute atomic E-state index is 0.152. The van der Waals surface area contributed by atoms with Gasteiger partial charge in [0, 0.05) is 29.4 Å². The normalized spacial score (nSPS) is 18.0. The Morgan fingerprint density at radius 3 is 2.36 bits per heavy atom. The van der Waals surface area contributed by atoms with Crippen LogP contribution in [0.4, 0.5) is 33.7 Å². The summed E-state index contributed by atoms with van der Waals surface area (Å²) in [5, 5.41) is 6.70. The molecule has 0 saturated heterocycles. The lowest BCUT2D eigenvalue weighted by Crippen LogP contribution is -2.47. The summed E-state index contributed by atoms with van der Waals surface area (Å²) in [4.78, 5) is 37.5. The van der Waals surface area contributed by atoms with Gasteiger partial charge in [-0.05, 0) is 64.7 Å². The molecule has 0 atom stereocenters. The Labute approximate surface area is 204 Å². The van der Waals surface area contributed by atoms with Gasteiger partial charge in [0.1, 0.15) is 5.82 Å². The lowest BCUT2D eigenvalue weighted by Gasteiger charge is -2.35. The van der Waals surface area contributed by atoms with E-state index < -0.39 is 41.3 Å². The fourth-order valence-electron chi connectivity index (χ4n) is 3.75. The van der Waals surface area contributed by atoms with Crippen molar-refractivity contribution < 1.29 is 36.4 Å². The molecule has 2 N–H and O–H groups in total. The van der Waals surface area contributed by atoms with Crippen LogP contribution in [0.1, 0.15) is 55.5 Å². The number of carbonyl (C=O) groups excluding carboxylic acids is 2. The standard InChI is InChI=1S/C23H26F5N5O3/c1-12(2)30-19-13(3)11-29-22(32-19)31-15-5-7-16(8-6-15)33(36-21(35)23(26,27)28)20(34)14-4-9-17(24)18(25)10-14/h4,9-12,15-16H,5-8H2,1-3H3,(H2,29,30,31,32). The molecule has 1 aliphatic rings. The zero-order valence-electron chi connectivity index (χ0n) is 19.8. The molecule has 1 fully saturated rings. The maximum absolute atomic E-state index is 13.6. The summed E-state index contributed by atoms with van der Waals surface area (Å²) >= 11 is 0. The molecule has 0 unspecified atom stereocenters. The van der Waals surface area contributed by atoms with Crippen LogP contribution in [0.5, 0.6) is 0 Å². The largest absolute Gasteiger partial charge is 0.493 e. The number of hydrogen-bond donors (Lipinski definition) is 2. The molecular formula is C23H26F5N5O3. The third kappa shape index (κ3) is 6.79. The van der Waals surface area contributed by atoms with Crippen LogP contribution in [0.3, 0.4) is 0 Å². The minimum Gasteiger partial charge on any atom is -0.368 e. The number of rotatable bonds is 6. The average molecular weight is 515 g/mol. The fourth-order valence-corrected chi connectivity index (χ4v) is 3.75. The van der Waals surface area contributed by atoms with Crippen molar-refractivity contribution in [3.05, 3.63) is 47.2 Å². The van der Waals surface area contributed by atoms with E-state index in [0.717, 1.165) is 11.6 Å². The van der Waals surface area contributed by atoms with Crippen LogP contribution in [0, 0.1) is 18.6 Å². The van der Waals surface area contributed by atoms with Crippen LogP contribution in [-0.4, -0.2) is 51.2 Å². The first-order chi connectivity index (χ1) is 16.8. The van der Waals surface area contributed by atoms with Gasteiger partial charge in [-0.1, -0.05) is 0 Å². The molecule has 36 heavy (non-hydrogen) atoms. The topological polar surface area (TPSA) is 96.5 Å². The molecule has 2 aromatic rings. The van der Waals surface area contributed by atoms with Crippen molar-refractivity contribution in [3.63, 3.8) is 0 Å². The van der Waals surface area contributed by atoms with Crippen LogP contribution in [-0.2, 0) is 9.63 Å². The number of nitrogens with one attached hydrogen (secondary N) is 2. The van der Waals surface area contributed by atoms with Crippen LogP contribution < -0.4 is 10.6 Å². The SMILES string of the molecule is Cc1cnc(NC2CCC(N(OC(=O)C(F)(F)F)C(=O)c3ccc(F)c(F)c3)CC2)nc1NC(C)C. The smallest absolute Gasteiger partial charge is 0.368 e. The molecule has 0 aliphatic heterocycles. The molecule has 196 valence electrons. The Morgan fingerprint density at radius 2 is 1.78 bits per heavy atom. The molecule has 1 amide bonds. The molecule has 0 bridgehead atoms. The Kier molecular flexibility index (Phi) is 8.31. The number of aryl methyl sites for hydroxylation is 1. The third-order valence-corrected chi connectivity index (χ3v) is 5.54. The van der Waals surface area contributed by atoms with E-state index in [1.165, 1.54) is 0 Å². The lowest BCUT2D eigenvalue weighted by molar-refractivity contribution is -0.235. The van der Waals surface area contributed by atoms with Crippen molar-refractivity contribution in [1.29, 1.82) is 0 Å². The second-order valence-corrected chi connectivity index (χ2v) is 8.81. The Morgan fingerprint density at radius 1 is 1.11 bits per heavy atom. The maximum atomic E-state index is 13.6. The van der Waals surface area contributed by atoms with E-state index in [4.69, 9.17) is 0 Å². The summed E-state index contributed by atoms with van der Waals surface area (Å²) in [5.74, 6) is -5.34. The molecule has 13 heteroatoms. The molecule has 1 saturated carbocycles. The van der Waals surface area contributed by atoms with Gasteiger partial charge >= 0.3 is 12.1 Å². The first-order valence-electron chi connectivity index (χ1n) is 11.3. The predicted molar refractivity (Wildman–Crippen MR) is 120 cm³/mol. The van der Waals surface area contributed by atoms with Crippen LogP contribution in [0.25, 0.3) is 0 Å². The summed E-state index contributed by atoms with van der Waals surface area (Å²) in [6, 6.07) is 1.19. The van der Waals surface area contributed by atoms with Gasteiger partial charge in [-0.3, -0.25) is 4.79 Å². The van der Waals surface area contributed by atoms with Gasteiger partial charge in [0.25, 0.3) is 5.91 Å². The summed E-state index contributed by atoms with van der Waals surface area (Å²) in [5.41, 5.74) is 0.401. The van der Waals surface area contributed by atoms with Gasteiger partial charge < -0.3 is 15.5 Å².